The van der Waals surface area contributed by atoms with Crippen LogP contribution in [0.3, 0.4) is 0 Å². The summed E-state index contributed by atoms with van der Waals surface area (Å²) in [6.45, 7) is 2.09. The fourth-order valence-electron chi connectivity index (χ4n) is 2.58. The molecule has 3 nitrogen and oxygen atoms in total. The first-order valence-corrected chi connectivity index (χ1v) is 6.41. The predicted molar refractivity (Wildman–Crippen MR) is 64.8 cm³/mol. The van der Waals surface area contributed by atoms with Gasteiger partial charge in [0.15, 0.2) is 0 Å². The van der Waals surface area contributed by atoms with Crippen molar-refractivity contribution in [1.29, 1.82) is 0 Å². The maximum absolute atomic E-state index is 11.4. The van der Waals surface area contributed by atoms with Gasteiger partial charge in [-0.15, -0.1) is 0 Å². The zero-order valence-electron chi connectivity index (χ0n) is 10.6. The first kappa shape index (κ1) is 12.2. The van der Waals surface area contributed by atoms with Gasteiger partial charge in [-0.2, -0.15) is 0 Å². The quantitative estimate of drug-likeness (QED) is 0.756. The Bertz CT molecular complexity index is 373. The Hall–Kier alpha value is -1.25. The highest BCUT2D eigenvalue weighted by molar-refractivity contribution is 5.72. The van der Waals surface area contributed by atoms with Crippen LogP contribution in [0.25, 0.3) is 0 Å². The Morgan fingerprint density at radius 1 is 1.35 bits per heavy atom. The van der Waals surface area contributed by atoms with Gasteiger partial charge in [0, 0.05) is 12.3 Å². The molecule has 2 rings (SSSR count). The van der Waals surface area contributed by atoms with Crippen molar-refractivity contribution in [3.63, 3.8) is 0 Å². The van der Waals surface area contributed by atoms with Crippen molar-refractivity contribution in [3.05, 3.63) is 23.7 Å². The monoisotopic (exact) mass is 236 g/mol. The number of furan rings is 1. The van der Waals surface area contributed by atoms with E-state index in [0.29, 0.717) is 5.92 Å². The number of hydrogen-bond donors (Lipinski definition) is 0. The minimum Gasteiger partial charge on any atom is -0.469 e. The summed E-state index contributed by atoms with van der Waals surface area (Å²) in [6, 6.07) is 4.14. The minimum absolute atomic E-state index is 0.0582. The fourth-order valence-corrected chi connectivity index (χ4v) is 2.58. The van der Waals surface area contributed by atoms with Gasteiger partial charge in [0.05, 0.1) is 13.0 Å². The van der Waals surface area contributed by atoms with Gasteiger partial charge in [-0.05, 0) is 37.8 Å². The fraction of sp³-hybridized carbons (Fsp3) is 0.643. The number of hydrogen-bond acceptors (Lipinski definition) is 3. The topological polar surface area (TPSA) is 39.4 Å². The van der Waals surface area contributed by atoms with Gasteiger partial charge in [-0.1, -0.05) is 6.92 Å². The van der Waals surface area contributed by atoms with Crippen molar-refractivity contribution < 1.29 is 13.9 Å². The van der Waals surface area contributed by atoms with Crippen LogP contribution < -0.4 is 0 Å². The van der Waals surface area contributed by atoms with Crippen LogP contribution in [0.5, 0.6) is 0 Å². The van der Waals surface area contributed by atoms with Crippen LogP contribution in [0.2, 0.25) is 0 Å². The van der Waals surface area contributed by atoms with Crippen LogP contribution in [0.4, 0.5) is 0 Å². The van der Waals surface area contributed by atoms with Crippen LogP contribution in [-0.4, -0.2) is 13.1 Å². The summed E-state index contributed by atoms with van der Waals surface area (Å²) >= 11 is 0. The molecule has 0 aromatic carbocycles. The van der Waals surface area contributed by atoms with E-state index in [1.54, 1.807) is 0 Å². The molecule has 0 radical (unpaired) electrons. The minimum atomic E-state index is -0.0582. The van der Waals surface area contributed by atoms with Gasteiger partial charge in [-0.3, -0.25) is 4.79 Å². The van der Waals surface area contributed by atoms with E-state index in [1.165, 1.54) is 7.11 Å². The van der Waals surface area contributed by atoms with E-state index in [4.69, 9.17) is 9.15 Å². The number of carbonyl (C=O) groups is 1. The van der Waals surface area contributed by atoms with E-state index in [2.05, 4.69) is 19.1 Å². The highest BCUT2D eigenvalue weighted by Crippen LogP contribution is 2.36. The third kappa shape index (κ3) is 2.71. The lowest BCUT2D eigenvalue weighted by molar-refractivity contribution is -0.146. The van der Waals surface area contributed by atoms with Crippen molar-refractivity contribution in [2.45, 2.75) is 44.9 Å². The Kier molecular flexibility index (Phi) is 3.87. The lowest BCUT2D eigenvalue weighted by Crippen LogP contribution is -2.21. The van der Waals surface area contributed by atoms with E-state index in [-0.39, 0.29) is 11.9 Å². The molecule has 0 spiro atoms. The van der Waals surface area contributed by atoms with Gasteiger partial charge in [0.25, 0.3) is 0 Å². The van der Waals surface area contributed by atoms with E-state index in [9.17, 15) is 4.79 Å². The molecule has 17 heavy (non-hydrogen) atoms. The number of rotatable bonds is 3. The van der Waals surface area contributed by atoms with Gasteiger partial charge in [0.1, 0.15) is 11.5 Å². The number of methoxy groups -OCH3 is 1. The van der Waals surface area contributed by atoms with Crippen molar-refractivity contribution in [1.82, 2.24) is 0 Å². The molecule has 0 atom stereocenters. The number of esters is 1. The molecule has 1 aliphatic carbocycles. The Morgan fingerprint density at radius 3 is 2.59 bits per heavy atom. The molecular formula is C14H20O3. The zero-order valence-corrected chi connectivity index (χ0v) is 10.6. The molecule has 94 valence electrons. The summed E-state index contributed by atoms with van der Waals surface area (Å²) in [6.07, 6.45) is 4.82. The summed E-state index contributed by atoms with van der Waals surface area (Å²) in [4.78, 5) is 11.4. The molecule has 3 heteroatoms. The molecule has 1 heterocycles. The standard InChI is InChI=1S/C14H20O3/c1-3-12-8-9-13(17-12)10-4-6-11(7-5-10)14(15)16-2/h8-11H,3-7H2,1-2H3. The van der Waals surface area contributed by atoms with E-state index >= 15 is 0 Å². The summed E-state index contributed by atoms with van der Waals surface area (Å²) in [7, 11) is 1.47. The van der Waals surface area contributed by atoms with E-state index in [1.807, 2.05) is 0 Å². The first-order chi connectivity index (χ1) is 8.24. The number of carbonyl (C=O) groups excluding carboxylic acids is 1. The lowest BCUT2D eigenvalue weighted by atomic mass is 9.81. The smallest absolute Gasteiger partial charge is 0.308 e. The van der Waals surface area contributed by atoms with Crippen LogP contribution >= 0.6 is 0 Å². The predicted octanol–water partition coefficient (Wildman–Crippen LogP) is 3.29. The molecule has 0 amide bonds. The molecule has 0 saturated heterocycles. The third-order valence-corrected chi connectivity index (χ3v) is 3.69. The molecule has 1 saturated carbocycles. The van der Waals surface area contributed by atoms with Crippen LogP contribution in [0.1, 0.15) is 50.0 Å². The SMILES string of the molecule is CCc1ccc(C2CCC(C(=O)OC)CC2)o1. The molecule has 1 aromatic heterocycles. The molecule has 1 fully saturated rings. The molecule has 0 unspecified atom stereocenters. The van der Waals surface area contributed by atoms with Crippen LogP contribution in [0, 0.1) is 5.92 Å². The van der Waals surface area contributed by atoms with Gasteiger partial charge in [0.2, 0.25) is 0 Å². The van der Waals surface area contributed by atoms with Crippen LogP contribution in [0.15, 0.2) is 16.5 Å². The van der Waals surface area contributed by atoms with Gasteiger partial charge < -0.3 is 9.15 Å². The van der Waals surface area contributed by atoms with Crippen molar-refractivity contribution in [2.24, 2.45) is 5.92 Å². The van der Waals surface area contributed by atoms with Gasteiger partial charge >= 0.3 is 5.97 Å². The molecule has 1 aromatic rings. The Labute approximate surface area is 102 Å². The summed E-state index contributed by atoms with van der Waals surface area (Å²) in [5.41, 5.74) is 0. The van der Waals surface area contributed by atoms with Crippen molar-refractivity contribution in [2.75, 3.05) is 7.11 Å². The van der Waals surface area contributed by atoms with E-state index < -0.39 is 0 Å². The molecule has 0 bridgehead atoms. The van der Waals surface area contributed by atoms with E-state index in [0.717, 1.165) is 43.6 Å². The average molecular weight is 236 g/mol. The third-order valence-electron chi connectivity index (χ3n) is 3.69. The maximum Gasteiger partial charge on any atom is 0.308 e. The molecular weight excluding hydrogens is 216 g/mol. The second-order valence-electron chi connectivity index (χ2n) is 4.73. The second-order valence-corrected chi connectivity index (χ2v) is 4.73. The molecule has 0 N–H and O–H groups in total. The number of aryl methyl sites for hydroxylation is 1. The van der Waals surface area contributed by atoms with Crippen LogP contribution in [-0.2, 0) is 16.0 Å². The van der Waals surface area contributed by atoms with Crippen molar-refractivity contribution in [3.8, 4) is 0 Å². The Morgan fingerprint density at radius 2 is 2.06 bits per heavy atom. The average Bonchev–Trinajstić information content (AvgIpc) is 2.87. The zero-order chi connectivity index (χ0) is 12.3. The maximum atomic E-state index is 11.4. The largest absolute Gasteiger partial charge is 0.469 e. The molecule has 0 aliphatic heterocycles. The summed E-state index contributed by atoms with van der Waals surface area (Å²) in [5, 5.41) is 0. The molecule has 1 aliphatic rings. The lowest BCUT2D eigenvalue weighted by Gasteiger charge is -2.25. The summed E-state index contributed by atoms with van der Waals surface area (Å²) in [5.74, 6) is 2.66. The normalized spacial score (nSPS) is 24.6. The van der Waals surface area contributed by atoms with Gasteiger partial charge in [-0.25, -0.2) is 0 Å². The first-order valence-electron chi connectivity index (χ1n) is 6.41. The highest BCUT2D eigenvalue weighted by Gasteiger charge is 2.28. The number of ether oxygens (including phenoxy) is 1. The van der Waals surface area contributed by atoms with Crippen molar-refractivity contribution >= 4 is 5.97 Å². The second kappa shape index (κ2) is 5.39. The summed E-state index contributed by atoms with van der Waals surface area (Å²) < 4.78 is 10.6. The Balaban J connectivity index is 1.92. The highest BCUT2D eigenvalue weighted by atomic mass is 16.5.